The molecule has 0 radical (unpaired) electrons. The van der Waals surface area contributed by atoms with Crippen molar-refractivity contribution >= 4 is 0 Å². The average molecular weight is 234 g/mol. The fraction of sp³-hybridized carbons (Fsp3) is 0.733. The topological polar surface area (TPSA) is 18.5 Å². The van der Waals surface area contributed by atoms with Crippen LogP contribution in [0.3, 0.4) is 0 Å². The van der Waals surface area contributed by atoms with Crippen molar-refractivity contribution < 1.29 is 9.47 Å². The van der Waals surface area contributed by atoms with E-state index in [-0.39, 0.29) is 5.79 Å². The van der Waals surface area contributed by atoms with Crippen LogP contribution in [-0.4, -0.2) is 5.79 Å². The molecule has 0 aromatic heterocycles. The molecule has 0 N–H and O–H groups in total. The number of hydrogen-bond acceptors (Lipinski definition) is 2. The Morgan fingerprint density at radius 1 is 1.00 bits per heavy atom. The van der Waals surface area contributed by atoms with Crippen molar-refractivity contribution in [2.45, 2.75) is 65.1 Å². The summed E-state index contributed by atoms with van der Waals surface area (Å²) >= 11 is 0. The minimum atomic E-state index is -0.295. The number of allylic oxidation sites excluding steroid dienone is 2. The normalized spacial score (nSPS) is 26.6. The molecule has 2 nitrogen and oxygen atoms in total. The molecule has 1 aliphatic heterocycles. The zero-order chi connectivity index (χ0) is 12.0. The highest BCUT2D eigenvalue weighted by Gasteiger charge is 2.48. The van der Waals surface area contributed by atoms with E-state index in [0.29, 0.717) is 5.92 Å². The lowest BCUT2D eigenvalue weighted by molar-refractivity contribution is -0.130. The molecular formula is C15H22O2. The highest BCUT2D eigenvalue weighted by molar-refractivity contribution is 5.38. The minimum Gasteiger partial charge on any atom is -0.449 e. The van der Waals surface area contributed by atoms with E-state index < -0.39 is 0 Å². The first-order chi connectivity index (χ1) is 8.11. The first-order valence-corrected chi connectivity index (χ1v) is 6.92. The average Bonchev–Trinajstić information content (AvgIpc) is 2.87. The third-order valence-electron chi connectivity index (χ3n) is 4.29. The van der Waals surface area contributed by atoms with Gasteiger partial charge in [-0.25, -0.2) is 0 Å². The van der Waals surface area contributed by atoms with E-state index in [0.717, 1.165) is 37.2 Å². The van der Waals surface area contributed by atoms with E-state index in [1.54, 1.807) is 0 Å². The van der Waals surface area contributed by atoms with Crippen LogP contribution in [0.5, 0.6) is 0 Å². The van der Waals surface area contributed by atoms with Gasteiger partial charge in [0.2, 0.25) is 0 Å². The number of ether oxygens (including phenoxy) is 2. The molecule has 2 aliphatic carbocycles. The standard InChI is InChI=1S/C15H22O2/c1-10(2)12-7-6-11(3)13-14(12)17-15(16-13)8-4-5-9-15/h10H,4-9H2,1-3H3. The van der Waals surface area contributed by atoms with Crippen LogP contribution < -0.4 is 0 Å². The van der Waals surface area contributed by atoms with Crippen LogP contribution in [0.15, 0.2) is 22.7 Å². The van der Waals surface area contributed by atoms with Crippen molar-refractivity contribution in [2.75, 3.05) is 0 Å². The van der Waals surface area contributed by atoms with Crippen molar-refractivity contribution in [1.29, 1.82) is 0 Å². The number of rotatable bonds is 1. The Hall–Kier alpha value is -0.920. The zero-order valence-corrected chi connectivity index (χ0v) is 11.1. The maximum Gasteiger partial charge on any atom is 0.251 e. The van der Waals surface area contributed by atoms with Gasteiger partial charge < -0.3 is 9.47 Å². The molecule has 1 spiro atoms. The summed E-state index contributed by atoms with van der Waals surface area (Å²) in [5, 5.41) is 0. The molecule has 0 aromatic carbocycles. The van der Waals surface area contributed by atoms with Gasteiger partial charge >= 0.3 is 0 Å². The fourth-order valence-corrected chi connectivity index (χ4v) is 3.20. The van der Waals surface area contributed by atoms with Crippen LogP contribution in [-0.2, 0) is 9.47 Å². The molecule has 1 saturated heterocycles. The van der Waals surface area contributed by atoms with Gasteiger partial charge in [-0.15, -0.1) is 0 Å². The van der Waals surface area contributed by atoms with Gasteiger partial charge in [-0.05, 0) is 49.7 Å². The van der Waals surface area contributed by atoms with Gasteiger partial charge in [-0.2, -0.15) is 0 Å². The van der Waals surface area contributed by atoms with Crippen molar-refractivity contribution in [2.24, 2.45) is 5.92 Å². The summed E-state index contributed by atoms with van der Waals surface area (Å²) in [5.74, 6) is 2.43. The molecule has 0 bridgehead atoms. The summed E-state index contributed by atoms with van der Waals surface area (Å²) in [4.78, 5) is 0. The van der Waals surface area contributed by atoms with E-state index in [9.17, 15) is 0 Å². The first-order valence-electron chi connectivity index (χ1n) is 6.92. The molecule has 0 atom stereocenters. The second kappa shape index (κ2) is 3.79. The van der Waals surface area contributed by atoms with Crippen LogP contribution in [0.2, 0.25) is 0 Å². The maximum absolute atomic E-state index is 6.26. The van der Waals surface area contributed by atoms with E-state index in [2.05, 4.69) is 20.8 Å². The molecule has 0 amide bonds. The smallest absolute Gasteiger partial charge is 0.251 e. The van der Waals surface area contributed by atoms with Gasteiger partial charge in [-0.1, -0.05) is 13.8 Å². The Morgan fingerprint density at radius 2 is 1.65 bits per heavy atom. The van der Waals surface area contributed by atoms with Crippen LogP contribution in [0, 0.1) is 5.92 Å². The fourth-order valence-electron chi connectivity index (χ4n) is 3.20. The molecule has 0 aromatic rings. The molecule has 1 heterocycles. The van der Waals surface area contributed by atoms with Gasteiger partial charge in [0.05, 0.1) is 0 Å². The number of fused-ring (bicyclic) bond motifs is 1. The largest absolute Gasteiger partial charge is 0.449 e. The lowest BCUT2D eigenvalue weighted by Crippen LogP contribution is -2.24. The Kier molecular flexibility index (Phi) is 2.49. The molecule has 1 saturated carbocycles. The molecule has 2 heteroatoms. The highest BCUT2D eigenvalue weighted by atomic mass is 16.7. The van der Waals surface area contributed by atoms with E-state index in [1.165, 1.54) is 24.0 Å². The van der Waals surface area contributed by atoms with Gasteiger partial charge in [0, 0.05) is 12.8 Å². The lowest BCUT2D eigenvalue weighted by Gasteiger charge is -2.21. The molecule has 2 fully saturated rings. The Balaban J connectivity index is 2.01. The van der Waals surface area contributed by atoms with Crippen molar-refractivity contribution in [3.8, 4) is 0 Å². The van der Waals surface area contributed by atoms with Gasteiger partial charge in [0.15, 0.2) is 11.5 Å². The van der Waals surface area contributed by atoms with Gasteiger partial charge in [0.1, 0.15) is 0 Å². The van der Waals surface area contributed by atoms with Crippen LogP contribution in [0.1, 0.15) is 59.3 Å². The first kappa shape index (κ1) is 11.2. The SMILES string of the molecule is CC1=C2OC3(CCCC3)OC2=C(C(C)C)CC1. The summed E-state index contributed by atoms with van der Waals surface area (Å²) in [6.45, 7) is 6.69. The highest BCUT2D eigenvalue weighted by Crippen LogP contribution is 2.50. The minimum absolute atomic E-state index is 0.295. The second-order valence-corrected chi connectivity index (χ2v) is 5.94. The summed E-state index contributed by atoms with van der Waals surface area (Å²) < 4.78 is 12.5. The van der Waals surface area contributed by atoms with Gasteiger partial charge in [0.25, 0.3) is 5.79 Å². The van der Waals surface area contributed by atoms with Crippen LogP contribution >= 0.6 is 0 Å². The lowest BCUT2D eigenvalue weighted by atomic mass is 9.89. The quantitative estimate of drug-likeness (QED) is 0.674. The van der Waals surface area contributed by atoms with E-state index >= 15 is 0 Å². The molecule has 94 valence electrons. The van der Waals surface area contributed by atoms with Crippen molar-refractivity contribution in [3.05, 3.63) is 22.7 Å². The number of hydrogen-bond donors (Lipinski definition) is 0. The maximum atomic E-state index is 6.26. The Morgan fingerprint density at radius 3 is 2.29 bits per heavy atom. The van der Waals surface area contributed by atoms with Crippen LogP contribution in [0.25, 0.3) is 0 Å². The second-order valence-electron chi connectivity index (χ2n) is 5.94. The summed E-state index contributed by atoms with van der Waals surface area (Å²) in [7, 11) is 0. The molecule has 0 unspecified atom stereocenters. The predicted octanol–water partition coefficient (Wildman–Crippen LogP) is 4.28. The molecule has 3 rings (SSSR count). The molecular weight excluding hydrogens is 212 g/mol. The zero-order valence-electron chi connectivity index (χ0n) is 11.1. The predicted molar refractivity (Wildman–Crippen MR) is 67.2 cm³/mol. The van der Waals surface area contributed by atoms with Crippen molar-refractivity contribution in [3.63, 3.8) is 0 Å². The van der Waals surface area contributed by atoms with Crippen molar-refractivity contribution in [1.82, 2.24) is 0 Å². The third kappa shape index (κ3) is 1.69. The summed E-state index contributed by atoms with van der Waals surface area (Å²) in [6.07, 6.45) is 6.85. The third-order valence-corrected chi connectivity index (χ3v) is 4.29. The monoisotopic (exact) mass is 234 g/mol. The summed E-state index contributed by atoms with van der Waals surface area (Å²) in [5.41, 5.74) is 2.82. The van der Waals surface area contributed by atoms with Crippen LogP contribution in [0.4, 0.5) is 0 Å². The van der Waals surface area contributed by atoms with E-state index in [4.69, 9.17) is 9.47 Å². The van der Waals surface area contributed by atoms with E-state index in [1.807, 2.05) is 0 Å². The van der Waals surface area contributed by atoms with Gasteiger partial charge in [-0.3, -0.25) is 0 Å². The summed E-state index contributed by atoms with van der Waals surface area (Å²) in [6, 6.07) is 0. The molecule has 17 heavy (non-hydrogen) atoms. The Bertz CT molecular complexity index is 395. The molecule has 3 aliphatic rings. The Labute approximate surface area is 104 Å².